The van der Waals surface area contributed by atoms with E-state index in [1.807, 2.05) is 11.5 Å². The highest BCUT2D eigenvalue weighted by Gasteiger charge is 2.20. The van der Waals surface area contributed by atoms with Gasteiger partial charge < -0.3 is 14.7 Å². The topological polar surface area (TPSA) is 63.4 Å². The Morgan fingerprint density at radius 2 is 2.00 bits per heavy atom. The summed E-state index contributed by atoms with van der Waals surface area (Å²) in [5.74, 6) is -0.834. The van der Waals surface area contributed by atoms with Crippen LogP contribution in [0.15, 0.2) is 23.4 Å². The van der Waals surface area contributed by atoms with Crippen LogP contribution in [0, 0.1) is 11.6 Å². The fourth-order valence-electron chi connectivity index (χ4n) is 2.63. The number of rotatable bonds is 6. The van der Waals surface area contributed by atoms with Gasteiger partial charge in [0.2, 0.25) is 5.95 Å². The second-order valence-corrected chi connectivity index (χ2v) is 6.61. The molecule has 0 saturated carbocycles. The SMILES string of the molecule is CCn1c(SCC(O)c2ccc(F)c(F)c2)nnc1N1CCOCC1. The lowest BCUT2D eigenvalue weighted by molar-refractivity contribution is 0.121. The molecule has 2 aromatic rings. The first-order chi connectivity index (χ1) is 12.1. The van der Waals surface area contributed by atoms with Gasteiger partial charge in [0.15, 0.2) is 16.8 Å². The average Bonchev–Trinajstić information content (AvgIpc) is 3.05. The number of ether oxygens (including phenoxy) is 1. The highest BCUT2D eigenvalue weighted by molar-refractivity contribution is 7.99. The fourth-order valence-corrected chi connectivity index (χ4v) is 3.60. The van der Waals surface area contributed by atoms with Crippen molar-refractivity contribution < 1.29 is 18.6 Å². The second kappa shape index (κ2) is 8.11. The zero-order valence-corrected chi connectivity index (χ0v) is 14.7. The Labute approximate surface area is 148 Å². The van der Waals surface area contributed by atoms with Crippen LogP contribution in [-0.2, 0) is 11.3 Å². The van der Waals surface area contributed by atoms with Gasteiger partial charge in [-0.25, -0.2) is 8.78 Å². The van der Waals surface area contributed by atoms with Crippen LogP contribution >= 0.6 is 11.8 Å². The Hall–Kier alpha value is -1.71. The normalized spacial score (nSPS) is 16.2. The van der Waals surface area contributed by atoms with Gasteiger partial charge in [0.25, 0.3) is 0 Å². The largest absolute Gasteiger partial charge is 0.388 e. The molecule has 136 valence electrons. The molecule has 1 fully saturated rings. The van der Waals surface area contributed by atoms with Crippen LogP contribution in [0.5, 0.6) is 0 Å². The number of morpholine rings is 1. The van der Waals surface area contributed by atoms with E-state index in [1.165, 1.54) is 17.8 Å². The van der Waals surface area contributed by atoms with Crippen molar-refractivity contribution in [3.05, 3.63) is 35.4 Å². The molecule has 1 aromatic heterocycles. The lowest BCUT2D eigenvalue weighted by atomic mass is 10.1. The number of thioether (sulfide) groups is 1. The van der Waals surface area contributed by atoms with Crippen LogP contribution in [0.2, 0.25) is 0 Å². The van der Waals surface area contributed by atoms with Crippen molar-refractivity contribution in [2.24, 2.45) is 0 Å². The van der Waals surface area contributed by atoms with Gasteiger partial charge >= 0.3 is 0 Å². The summed E-state index contributed by atoms with van der Waals surface area (Å²) in [6, 6.07) is 3.42. The fraction of sp³-hybridized carbons (Fsp3) is 0.500. The molecule has 1 aliphatic heterocycles. The predicted molar refractivity (Wildman–Crippen MR) is 90.8 cm³/mol. The summed E-state index contributed by atoms with van der Waals surface area (Å²) in [7, 11) is 0. The lowest BCUT2D eigenvalue weighted by Crippen LogP contribution is -2.38. The Morgan fingerprint density at radius 3 is 2.68 bits per heavy atom. The van der Waals surface area contributed by atoms with E-state index in [1.54, 1.807) is 0 Å². The maximum Gasteiger partial charge on any atom is 0.228 e. The summed E-state index contributed by atoms with van der Waals surface area (Å²) in [6.07, 6.45) is -0.922. The molecular formula is C16H20F2N4O2S. The van der Waals surface area contributed by atoms with E-state index in [0.29, 0.717) is 30.5 Å². The first-order valence-corrected chi connectivity index (χ1v) is 9.10. The Bertz CT molecular complexity index is 722. The quantitative estimate of drug-likeness (QED) is 0.787. The molecule has 1 saturated heterocycles. The molecule has 0 amide bonds. The third kappa shape index (κ3) is 4.10. The van der Waals surface area contributed by atoms with Crippen molar-refractivity contribution >= 4 is 17.7 Å². The molecule has 0 bridgehead atoms. The molecule has 1 aromatic carbocycles. The molecule has 2 heterocycles. The summed E-state index contributed by atoms with van der Waals surface area (Å²) >= 11 is 1.33. The number of aliphatic hydroxyl groups is 1. The highest BCUT2D eigenvalue weighted by Crippen LogP contribution is 2.27. The molecule has 0 radical (unpaired) electrons. The maximum absolute atomic E-state index is 13.3. The van der Waals surface area contributed by atoms with E-state index >= 15 is 0 Å². The number of aromatic nitrogens is 3. The van der Waals surface area contributed by atoms with Gasteiger partial charge in [0.1, 0.15) is 0 Å². The molecule has 0 spiro atoms. The molecule has 1 aliphatic rings. The molecule has 25 heavy (non-hydrogen) atoms. The Kier molecular flexibility index (Phi) is 5.87. The molecule has 6 nitrogen and oxygen atoms in total. The zero-order valence-electron chi connectivity index (χ0n) is 13.9. The van der Waals surface area contributed by atoms with Crippen LogP contribution in [0.1, 0.15) is 18.6 Å². The van der Waals surface area contributed by atoms with Gasteiger partial charge in [-0.3, -0.25) is 4.57 Å². The molecule has 1 atom stereocenters. The van der Waals surface area contributed by atoms with Crippen molar-refractivity contribution in [2.45, 2.75) is 24.7 Å². The average molecular weight is 370 g/mol. The summed E-state index contributed by atoms with van der Waals surface area (Å²) in [4.78, 5) is 2.12. The number of aliphatic hydroxyl groups excluding tert-OH is 1. The number of hydrogen-bond acceptors (Lipinski definition) is 6. The monoisotopic (exact) mass is 370 g/mol. The predicted octanol–water partition coefficient (Wildman–Crippen LogP) is 2.24. The third-order valence-electron chi connectivity index (χ3n) is 4.01. The molecular weight excluding hydrogens is 350 g/mol. The second-order valence-electron chi connectivity index (χ2n) is 5.63. The van der Waals surface area contributed by atoms with Crippen molar-refractivity contribution in [1.82, 2.24) is 14.8 Å². The van der Waals surface area contributed by atoms with Crippen molar-refractivity contribution in [2.75, 3.05) is 37.0 Å². The molecule has 9 heteroatoms. The van der Waals surface area contributed by atoms with Gasteiger partial charge in [-0.05, 0) is 24.6 Å². The molecule has 1 N–H and O–H groups in total. The van der Waals surface area contributed by atoms with Crippen LogP contribution in [-0.4, -0.2) is 51.9 Å². The minimum Gasteiger partial charge on any atom is -0.388 e. The number of anilines is 1. The van der Waals surface area contributed by atoms with Crippen LogP contribution < -0.4 is 4.90 Å². The van der Waals surface area contributed by atoms with Gasteiger partial charge in [-0.15, -0.1) is 10.2 Å². The van der Waals surface area contributed by atoms with Gasteiger partial charge in [0.05, 0.1) is 19.3 Å². The van der Waals surface area contributed by atoms with Crippen LogP contribution in [0.4, 0.5) is 14.7 Å². The van der Waals surface area contributed by atoms with E-state index in [0.717, 1.165) is 31.2 Å². The van der Waals surface area contributed by atoms with Crippen molar-refractivity contribution in [1.29, 1.82) is 0 Å². The van der Waals surface area contributed by atoms with Crippen LogP contribution in [0.25, 0.3) is 0 Å². The van der Waals surface area contributed by atoms with E-state index < -0.39 is 17.7 Å². The Morgan fingerprint density at radius 1 is 1.24 bits per heavy atom. The van der Waals surface area contributed by atoms with Crippen LogP contribution in [0.3, 0.4) is 0 Å². The number of nitrogens with zero attached hydrogens (tertiary/aromatic N) is 4. The van der Waals surface area contributed by atoms with E-state index in [-0.39, 0.29) is 5.75 Å². The van der Waals surface area contributed by atoms with Crippen molar-refractivity contribution in [3.63, 3.8) is 0 Å². The summed E-state index contributed by atoms with van der Waals surface area (Å²) < 4.78 is 33.6. The Balaban J connectivity index is 1.68. The summed E-state index contributed by atoms with van der Waals surface area (Å²) in [5.41, 5.74) is 0.336. The maximum atomic E-state index is 13.3. The minimum absolute atomic E-state index is 0.270. The third-order valence-corrected chi connectivity index (χ3v) is 5.05. The van der Waals surface area contributed by atoms with E-state index in [4.69, 9.17) is 4.74 Å². The lowest BCUT2D eigenvalue weighted by Gasteiger charge is -2.27. The first kappa shape index (κ1) is 18.1. The molecule has 0 aliphatic carbocycles. The summed E-state index contributed by atoms with van der Waals surface area (Å²) in [6.45, 7) is 5.55. The number of halogens is 2. The summed E-state index contributed by atoms with van der Waals surface area (Å²) in [5, 5.41) is 19.4. The smallest absolute Gasteiger partial charge is 0.228 e. The number of hydrogen-bond donors (Lipinski definition) is 1. The number of benzene rings is 1. The molecule has 3 rings (SSSR count). The van der Waals surface area contributed by atoms with Gasteiger partial charge in [-0.1, -0.05) is 17.8 Å². The first-order valence-electron chi connectivity index (χ1n) is 8.12. The van der Waals surface area contributed by atoms with Crippen molar-refractivity contribution in [3.8, 4) is 0 Å². The molecule has 1 unspecified atom stereocenters. The zero-order chi connectivity index (χ0) is 17.8. The standard InChI is InChI=1S/C16H20F2N4O2S/c1-2-22-15(21-5-7-24-8-6-21)19-20-16(22)25-10-14(23)11-3-4-12(17)13(18)9-11/h3-4,9,14,23H,2,5-8,10H2,1H3. The minimum atomic E-state index is -0.965. The van der Waals surface area contributed by atoms with E-state index in [2.05, 4.69) is 15.1 Å². The van der Waals surface area contributed by atoms with E-state index in [9.17, 15) is 13.9 Å². The highest BCUT2D eigenvalue weighted by atomic mass is 32.2. The van der Waals surface area contributed by atoms with Gasteiger partial charge in [-0.2, -0.15) is 0 Å². The van der Waals surface area contributed by atoms with Gasteiger partial charge in [0, 0.05) is 25.4 Å².